The fourth-order valence-corrected chi connectivity index (χ4v) is 1.14. The van der Waals surface area contributed by atoms with E-state index in [9.17, 15) is 0 Å². The van der Waals surface area contributed by atoms with E-state index in [1.807, 2.05) is 25.1 Å². The van der Waals surface area contributed by atoms with E-state index in [1.165, 1.54) is 0 Å². The highest BCUT2D eigenvalue weighted by atomic mass is 35.5. The molecule has 0 fully saturated rings. The van der Waals surface area contributed by atoms with Crippen LogP contribution in [-0.2, 0) is 0 Å². The van der Waals surface area contributed by atoms with E-state index in [4.69, 9.17) is 17.3 Å². The van der Waals surface area contributed by atoms with Gasteiger partial charge in [-0.05, 0) is 24.1 Å². The molecule has 0 saturated heterocycles. The lowest BCUT2D eigenvalue weighted by Gasteiger charge is -2.07. The molecule has 72 valence electrons. The van der Waals surface area contributed by atoms with Crippen LogP contribution in [0.5, 0.6) is 0 Å². The second kappa shape index (κ2) is 5.28. The number of hydrogen-bond acceptors (Lipinski definition) is 1. The summed E-state index contributed by atoms with van der Waals surface area (Å²) < 4.78 is 0. The van der Waals surface area contributed by atoms with Crippen molar-refractivity contribution in [3.05, 3.63) is 47.0 Å². The van der Waals surface area contributed by atoms with Gasteiger partial charge in [0.2, 0.25) is 0 Å². The van der Waals surface area contributed by atoms with Gasteiger partial charge in [0.15, 0.2) is 0 Å². The average molecular weight is 218 g/mol. The Morgan fingerprint density at radius 3 is 2.62 bits per heavy atom. The van der Waals surface area contributed by atoms with Gasteiger partial charge in [-0.2, -0.15) is 0 Å². The highest BCUT2D eigenvalue weighted by Crippen LogP contribution is 2.20. The standard InChI is InChI=1S/C10H12ClN.ClH/c1-3-10(12)8-5-4-7(2)9(11)6-8;/h3-6,10H,1,12H2,2H3;1H/t10-;/m1./s1. The van der Waals surface area contributed by atoms with Gasteiger partial charge in [0, 0.05) is 11.1 Å². The predicted molar refractivity (Wildman–Crippen MR) is 60.6 cm³/mol. The summed E-state index contributed by atoms with van der Waals surface area (Å²) in [6, 6.07) is 5.68. The Labute approximate surface area is 90.0 Å². The predicted octanol–water partition coefficient (Wildman–Crippen LogP) is 3.26. The Morgan fingerprint density at radius 1 is 1.54 bits per heavy atom. The fraction of sp³-hybridized carbons (Fsp3) is 0.200. The van der Waals surface area contributed by atoms with Gasteiger partial charge in [0.25, 0.3) is 0 Å². The molecule has 0 aliphatic heterocycles. The van der Waals surface area contributed by atoms with Crippen molar-refractivity contribution >= 4 is 24.0 Å². The van der Waals surface area contributed by atoms with Crippen molar-refractivity contribution in [2.75, 3.05) is 0 Å². The summed E-state index contributed by atoms with van der Waals surface area (Å²) in [5.41, 5.74) is 7.80. The molecule has 1 aromatic rings. The highest BCUT2D eigenvalue weighted by Gasteiger charge is 2.02. The first-order valence-corrected chi connectivity index (χ1v) is 4.17. The van der Waals surface area contributed by atoms with Crippen LogP contribution in [0.15, 0.2) is 30.9 Å². The molecule has 1 nitrogen and oxygen atoms in total. The second-order valence-corrected chi connectivity index (χ2v) is 3.18. The summed E-state index contributed by atoms with van der Waals surface area (Å²) in [5, 5.41) is 0.754. The summed E-state index contributed by atoms with van der Waals surface area (Å²) in [5.74, 6) is 0. The van der Waals surface area contributed by atoms with Crippen LogP contribution in [0.1, 0.15) is 17.2 Å². The maximum Gasteiger partial charge on any atom is 0.0479 e. The van der Waals surface area contributed by atoms with E-state index in [0.717, 1.165) is 16.1 Å². The van der Waals surface area contributed by atoms with Crippen LogP contribution in [0.2, 0.25) is 5.02 Å². The molecule has 13 heavy (non-hydrogen) atoms. The molecule has 0 unspecified atom stereocenters. The molecular weight excluding hydrogens is 205 g/mol. The van der Waals surface area contributed by atoms with Crippen molar-refractivity contribution in [2.24, 2.45) is 5.73 Å². The fourth-order valence-electron chi connectivity index (χ4n) is 0.953. The Kier molecular flexibility index (Phi) is 5.07. The van der Waals surface area contributed by atoms with E-state index in [-0.39, 0.29) is 18.4 Å². The maximum absolute atomic E-state index is 5.93. The van der Waals surface area contributed by atoms with Gasteiger partial charge in [-0.3, -0.25) is 0 Å². The third-order valence-corrected chi connectivity index (χ3v) is 2.24. The molecular formula is C10H13Cl2N. The monoisotopic (exact) mass is 217 g/mol. The SMILES string of the molecule is C=C[C@@H](N)c1ccc(C)c(Cl)c1.Cl. The number of benzene rings is 1. The zero-order chi connectivity index (χ0) is 9.14. The molecule has 0 aromatic heterocycles. The largest absolute Gasteiger partial charge is 0.321 e. The van der Waals surface area contributed by atoms with E-state index in [1.54, 1.807) is 6.08 Å². The molecule has 0 aliphatic rings. The molecule has 0 heterocycles. The summed E-state index contributed by atoms with van der Waals surface area (Å²) in [7, 11) is 0. The summed E-state index contributed by atoms with van der Waals surface area (Å²) in [4.78, 5) is 0. The Hall–Kier alpha value is -0.500. The molecule has 0 radical (unpaired) electrons. The number of halogens is 2. The van der Waals surface area contributed by atoms with Crippen LogP contribution in [0.3, 0.4) is 0 Å². The molecule has 0 saturated carbocycles. The Balaban J connectivity index is 0.00000144. The van der Waals surface area contributed by atoms with Crippen LogP contribution in [0, 0.1) is 6.92 Å². The summed E-state index contributed by atoms with van der Waals surface area (Å²) >= 11 is 5.93. The van der Waals surface area contributed by atoms with Crippen LogP contribution in [0.4, 0.5) is 0 Å². The number of nitrogens with two attached hydrogens (primary N) is 1. The molecule has 0 bridgehead atoms. The van der Waals surface area contributed by atoms with E-state index in [2.05, 4.69) is 6.58 Å². The normalized spacial score (nSPS) is 11.6. The quantitative estimate of drug-likeness (QED) is 0.757. The maximum atomic E-state index is 5.93. The highest BCUT2D eigenvalue weighted by molar-refractivity contribution is 6.31. The van der Waals surface area contributed by atoms with Gasteiger partial charge in [0.1, 0.15) is 0 Å². The van der Waals surface area contributed by atoms with Crippen molar-refractivity contribution in [3.8, 4) is 0 Å². The van der Waals surface area contributed by atoms with Crippen molar-refractivity contribution in [1.29, 1.82) is 0 Å². The molecule has 1 atom stereocenters. The Bertz CT molecular complexity index is 297. The van der Waals surface area contributed by atoms with Crippen molar-refractivity contribution in [2.45, 2.75) is 13.0 Å². The zero-order valence-electron chi connectivity index (χ0n) is 7.46. The molecule has 1 rings (SSSR count). The first-order chi connectivity index (χ1) is 5.65. The summed E-state index contributed by atoms with van der Waals surface area (Å²) in [6.07, 6.45) is 1.70. The first kappa shape index (κ1) is 12.5. The lowest BCUT2D eigenvalue weighted by molar-refractivity contribution is 0.913. The third kappa shape index (κ3) is 3.03. The number of aryl methyl sites for hydroxylation is 1. The van der Waals surface area contributed by atoms with Crippen molar-refractivity contribution in [3.63, 3.8) is 0 Å². The van der Waals surface area contributed by atoms with Gasteiger partial charge in [-0.15, -0.1) is 19.0 Å². The summed E-state index contributed by atoms with van der Waals surface area (Å²) in [6.45, 7) is 5.58. The van der Waals surface area contributed by atoms with Crippen LogP contribution < -0.4 is 5.73 Å². The molecule has 0 aliphatic carbocycles. The molecule has 0 spiro atoms. The van der Waals surface area contributed by atoms with Crippen LogP contribution in [0.25, 0.3) is 0 Å². The van der Waals surface area contributed by atoms with Gasteiger partial charge < -0.3 is 5.73 Å². The number of rotatable bonds is 2. The minimum atomic E-state index is -0.122. The van der Waals surface area contributed by atoms with Crippen molar-refractivity contribution < 1.29 is 0 Å². The van der Waals surface area contributed by atoms with E-state index >= 15 is 0 Å². The minimum absolute atomic E-state index is 0. The first-order valence-electron chi connectivity index (χ1n) is 3.79. The average Bonchev–Trinajstić information content (AvgIpc) is 2.08. The van der Waals surface area contributed by atoms with Gasteiger partial charge in [0.05, 0.1) is 0 Å². The van der Waals surface area contributed by atoms with Crippen LogP contribution in [-0.4, -0.2) is 0 Å². The lowest BCUT2D eigenvalue weighted by atomic mass is 10.1. The molecule has 0 amide bonds. The van der Waals surface area contributed by atoms with Gasteiger partial charge in [-0.25, -0.2) is 0 Å². The molecule has 2 N–H and O–H groups in total. The number of hydrogen-bond donors (Lipinski definition) is 1. The minimum Gasteiger partial charge on any atom is -0.321 e. The zero-order valence-corrected chi connectivity index (χ0v) is 9.03. The molecule has 3 heteroatoms. The van der Waals surface area contributed by atoms with Crippen LogP contribution >= 0.6 is 24.0 Å². The molecule has 1 aromatic carbocycles. The van der Waals surface area contributed by atoms with E-state index in [0.29, 0.717) is 0 Å². The topological polar surface area (TPSA) is 26.0 Å². The van der Waals surface area contributed by atoms with Gasteiger partial charge in [-0.1, -0.05) is 29.8 Å². The van der Waals surface area contributed by atoms with Crippen molar-refractivity contribution in [1.82, 2.24) is 0 Å². The Morgan fingerprint density at radius 2 is 2.15 bits per heavy atom. The van der Waals surface area contributed by atoms with Gasteiger partial charge >= 0.3 is 0 Å². The lowest BCUT2D eigenvalue weighted by Crippen LogP contribution is -2.06. The smallest absolute Gasteiger partial charge is 0.0479 e. The van der Waals surface area contributed by atoms with E-state index < -0.39 is 0 Å². The third-order valence-electron chi connectivity index (χ3n) is 1.83. The second-order valence-electron chi connectivity index (χ2n) is 2.77.